The molecule has 2 aromatic rings. The van der Waals surface area contributed by atoms with Gasteiger partial charge in [-0.25, -0.2) is 4.39 Å². The molecule has 2 N–H and O–H groups in total. The van der Waals surface area contributed by atoms with Gasteiger partial charge in [0.05, 0.1) is 5.69 Å². The van der Waals surface area contributed by atoms with E-state index in [2.05, 4.69) is 10.6 Å². The first-order valence-electron chi connectivity index (χ1n) is 6.35. The molecule has 3 nitrogen and oxygen atoms in total. The Balaban J connectivity index is 1.93. The Bertz CT molecular complexity index is 734. The van der Waals surface area contributed by atoms with E-state index in [-0.39, 0.29) is 10.8 Å². The van der Waals surface area contributed by atoms with E-state index in [1.807, 2.05) is 6.07 Å². The van der Waals surface area contributed by atoms with Crippen molar-refractivity contribution in [3.8, 4) is 0 Å². The molecule has 0 bridgehead atoms. The number of anilines is 1. The summed E-state index contributed by atoms with van der Waals surface area (Å²) in [6.07, 6.45) is 2.87. The van der Waals surface area contributed by atoms with Crippen LogP contribution in [0.1, 0.15) is 5.56 Å². The molecule has 0 unspecified atom stereocenters. The monoisotopic (exact) mass is 334 g/mol. The van der Waals surface area contributed by atoms with Crippen LogP contribution >= 0.6 is 23.8 Å². The smallest absolute Gasteiger partial charge is 0.250 e. The summed E-state index contributed by atoms with van der Waals surface area (Å²) in [5, 5.41) is 5.60. The number of para-hydroxylation sites is 1. The highest BCUT2D eigenvalue weighted by atomic mass is 35.5. The molecule has 22 heavy (non-hydrogen) atoms. The number of rotatable bonds is 3. The maximum absolute atomic E-state index is 13.4. The van der Waals surface area contributed by atoms with Crippen LogP contribution in [0.3, 0.4) is 0 Å². The van der Waals surface area contributed by atoms with Crippen molar-refractivity contribution in [1.29, 1.82) is 0 Å². The van der Waals surface area contributed by atoms with Crippen LogP contribution < -0.4 is 10.6 Å². The number of halogens is 2. The summed E-state index contributed by atoms with van der Waals surface area (Å²) >= 11 is 10.9. The molecule has 0 saturated carbocycles. The van der Waals surface area contributed by atoms with Gasteiger partial charge in [0.25, 0.3) is 0 Å². The predicted octanol–water partition coefficient (Wildman–Crippen LogP) is 4.01. The van der Waals surface area contributed by atoms with Crippen LogP contribution in [0.4, 0.5) is 10.1 Å². The first-order chi connectivity index (χ1) is 10.6. The lowest BCUT2D eigenvalue weighted by Gasteiger charge is -2.08. The molecule has 2 aromatic carbocycles. The molecule has 2 rings (SSSR count). The van der Waals surface area contributed by atoms with Crippen LogP contribution in [0.15, 0.2) is 54.6 Å². The minimum Gasteiger partial charge on any atom is -0.330 e. The van der Waals surface area contributed by atoms with Gasteiger partial charge in [-0.15, -0.1) is 0 Å². The van der Waals surface area contributed by atoms with Gasteiger partial charge >= 0.3 is 0 Å². The number of carbonyl (C=O) groups excluding carboxylic acids is 1. The third kappa shape index (κ3) is 4.65. The minimum atomic E-state index is -0.453. The Morgan fingerprint density at radius 2 is 1.82 bits per heavy atom. The SMILES string of the molecule is O=C(/C=C/c1ccccc1Cl)NC(=S)Nc1ccccc1F. The zero-order valence-electron chi connectivity index (χ0n) is 11.3. The summed E-state index contributed by atoms with van der Waals surface area (Å²) in [5.74, 6) is -0.889. The average molecular weight is 335 g/mol. The topological polar surface area (TPSA) is 41.1 Å². The van der Waals surface area contributed by atoms with Crippen LogP contribution in [-0.4, -0.2) is 11.0 Å². The highest BCUT2D eigenvalue weighted by Gasteiger charge is 2.05. The quantitative estimate of drug-likeness (QED) is 0.658. The summed E-state index contributed by atoms with van der Waals surface area (Å²) in [5.41, 5.74) is 0.912. The molecule has 6 heteroatoms. The van der Waals surface area contributed by atoms with E-state index in [4.69, 9.17) is 23.8 Å². The van der Waals surface area contributed by atoms with Crippen molar-refractivity contribution in [3.05, 3.63) is 71.0 Å². The van der Waals surface area contributed by atoms with Gasteiger partial charge < -0.3 is 5.32 Å². The van der Waals surface area contributed by atoms with Crippen molar-refractivity contribution in [2.24, 2.45) is 0 Å². The number of hydrogen-bond donors (Lipinski definition) is 2. The fourth-order valence-corrected chi connectivity index (χ4v) is 2.05. The standard InChI is InChI=1S/C16H12ClFN2OS/c17-12-6-2-1-5-11(12)9-10-15(21)20-16(22)19-14-8-4-3-7-13(14)18/h1-10H,(H2,19,20,21,22)/b10-9+. The molecule has 0 saturated heterocycles. The molecule has 1 amide bonds. The second-order valence-electron chi connectivity index (χ2n) is 4.28. The van der Waals surface area contributed by atoms with Gasteiger partial charge in [0.15, 0.2) is 5.11 Å². The van der Waals surface area contributed by atoms with Crippen molar-refractivity contribution >= 4 is 46.6 Å². The van der Waals surface area contributed by atoms with Gasteiger partial charge in [0.2, 0.25) is 5.91 Å². The van der Waals surface area contributed by atoms with E-state index in [0.717, 1.165) is 0 Å². The normalized spacial score (nSPS) is 10.5. The number of thiocarbonyl (C=S) groups is 1. The Labute approximate surface area is 137 Å². The molecule has 0 fully saturated rings. The van der Waals surface area contributed by atoms with Gasteiger partial charge in [0.1, 0.15) is 5.82 Å². The highest BCUT2D eigenvalue weighted by Crippen LogP contribution is 2.16. The molecular weight excluding hydrogens is 323 g/mol. The fraction of sp³-hybridized carbons (Fsp3) is 0. The molecule has 0 aliphatic carbocycles. The van der Waals surface area contributed by atoms with E-state index in [1.165, 1.54) is 18.2 Å². The van der Waals surface area contributed by atoms with Crippen molar-refractivity contribution < 1.29 is 9.18 Å². The summed E-state index contributed by atoms with van der Waals surface area (Å²) in [6, 6.07) is 13.2. The second kappa shape index (κ2) is 7.68. The summed E-state index contributed by atoms with van der Waals surface area (Å²) in [6.45, 7) is 0. The van der Waals surface area contributed by atoms with E-state index in [1.54, 1.807) is 36.4 Å². The maximum Gasteiger partial charge on any atom is 0.250 e. The lowest BCUT2D eigenvalue weighted by Crippen LogP contribution is -2.33. The molecule has 0 aliphatic rings. The summed E-state index contributed by atoms with van der Waals surface area (Å²) in [4.78, 5) is 11.8. The zero-order valence-corrected chi connectivity index (χ0v) is 12.9. The molecular formula is C16H12ClFN2OS. The van der Waals surface area contributed by atoms with Crippen LogP contribution in [0.2, 0.25) is 5.02 Å². The molecule has 0 heterocycles. The predicted molar refractivity (Wildman–Crippen MR) is 91.2 cm³/mol. The largest absolute Gasteiger partial charge is 0.330 e. The van der Waals surface area contributed by atoms with Gasteiger partial charge in [-0.05, 0) is 42.1 Å². The number of nitrogens with one attached hydrogen (secondary N) is 2. The number of carbonyl (C=O) groups is 1. The maximum atomic E-state index is 13.4. The molecule has 112 valence electrons. The van der Waals surface area contributed by atoms with Crippen molar-refractivity contribution in [2.75, 3.05) is 5.32 Å². The number of hydrogen-bond acceptors (Lipinski definition) is 2. The van der Waals surface area contributed by atoms with E-state index in [9.17, 15) is 9.18 Å². The third-order valence-corrected chi connectivity index (χ3v) is 3.23. The zero-order chi connectivity index (χ0) is 15.9. The number of benzene rings is 2. The molecule has 0 aliphatic heterocycles. The molecule has 0 aromatic heterocycles. The lowest BCUT2D eigenvalue weighted by atomic mass is 10.2. The number of amides is 1. The Kier molecular flexibility index (Phi) is 5.63. The Morgan fingerprint density at radius 1 is 1.14 bits per heavy atom. The van der Waals surface area contributed by atoms with Crippen molar-refractivity contribution in [3.63, 3.8) is 0 Å². The Hall–Kier alpha value is -2.24. The van der Waals surface area contributed by atoms with Crippen LogP contribution in [0.5, 0.6) is 0 Å². The first-order valence-corrected chi connectivity index (χ1v) is 7.14. The molecule has 0 spiro atoms. The molecule has 0 atom stereocenters. The van der Waals surface area contributed by atoms with E-state index in [0.29, 0.717) is 10.6 Å². The summed E-state index contributed by atoms with van der Waals surface area (Å²) in [7, 11) is 0. The van der Waals surface area contributed by atoms with E-state index < -0.39 is 11.7 Å². The second-order valence-corrected chi connectivity index (χ2v) is 5.09. The minimum absolute atomic E-state index is 0.0129. The van der Waals surface area contributed by atoms with Crippen molar-refractivity contribution in [1.82, 2.24) is 5.32 Å². The van der Waals surface area contributed by atoms with Gasteiger partial charge in [-0.2, -0.15) is 0 Å². The Morgan fingerprint density at radius 3 is 2.55 bits per heavy atom. The highest BCUT2D eigenvalue weighted by molar-refractivity contribution is 7.80. The third-order valence-electron chi connectivity index (χ3n) is 2.68. The van der Waals surface area contributed by atoms with Crippen LogP contribution in [0, 0.1) is 5.82 Å². The fourth-order valence-electron chi connectivity index (χ4n) is 1.65. The van der Waals surface area contributed by atoms with Gasteiger partial charge in [-0.1, -0.05) is 41.9 Å². The van der Waals surface area contributed by atoms with Gasteiger partial charge in [0, 0.05) is 11.1 Å². The van der Waals surface area contributed by atoms with Gasteiger partial charge in [-0.3, -0.25) is 10.1 Å². The van der Waals surface area contributed by atoms with Crippen LogP contribution in [0.25, 0.3) is 6.08 Å². The van der Waals surface area contributed by atoms with Crippen LogP contribution in [-0.2, 0) is 4.79 Å². The van der Waals surface area contributed by atoms with Crippen molar-refractivity contribution in [2.45, 2.75) is 0 Å². The molecule has 0 radical (unpaired) electrons. The van der Waals surface area contributed by atoms with E-state index >= 15 is 0 Å². The lowest BCUT2D eigenvalue weighted by molar-refractivity contribution is -0.115. The average Bonchev–Trinajstić information content (AvgIpc) is 2.49. The summed E-state index contributed by atoms with van der Waals surface area (Å²) < 4.78 is 13.4. The first kappa shape index (κ1) is 16.1.